The van der Waals surface area contributed by atoms with E-state index < -0.39 is 0 Å². The van der Waals surface area contributed by atoms with Crippen LogP contribution in [0.5, 0.6) is 0 Å². The molecule has 0 aliphatic rings. The number of nitrogens with one attached hydrogen (secondary N) is 1. The smallest absolute Gasteiger partial charge is 0.276 e. The van der Waals surface area contributed by atoms with Crippen LogP contribution < -0.4 is 11.1 Å². The van der Waals surface area contributed by atoms with Crippen LogP contribution in [-0.2, 0) is 6.54 Å². The van der Waals surface area contributed by atoms with Crippen molar-refractivity contribution >= 4 is 33.2 Å². The number of carbonyl (C=O) groups excluding carboxylic acids is 1. The number of rotatable bonds is 3. The number of pyridine rings is 1. The highest BCUT2D eigenvalue weighted by atomic mass is 79.9. The number of halogens is 1. The number of anilines is 2. The Hall–Kier alpha value is -1.89. The van der Waals surface area contributed by atoms with Gasteiger partial charge in [-0.05, 0) is 41.9 Å². The molecule has 2 aromatic heterocycles. The van der Waals surface area contributed by atoms with Crippen LogP contribution in [0.1, 0.15) is 23.1 Å². The summed E-state index contributed by atoms with van der Waals surface area (Å²) in [6.45, 7) is 4.27. The minimum absolute atomic E-state index is 0.288. The van der Waals surface area contributed by atoms with E-state index in [2.05, 4.69) is 31.3 Å². The first-order valence-corrected chi connectivity index (χ1v) is 6.58. The van der Waals surface area contributed by atoms with Crippen LogP contribution in [0.15, 0.2) is 22.9 Å². The average molecular weight is 324 g/mol. The Morgan fingerprint density at radius 1 is 1.53 bits per heavy atom. The van der Waals surface area contributed by atoms with Gasteiger partial charge in [0.05, 0.1) is 23.3 Å². The minimum Gasteiger partial charge on any atom is -0.395 e. The normalized spacial score (nSPS) is 10.5. The van der Waals surface area contributed by atoms with E-state index in [0.717, 1.165) is 0 Å². The molecule has 0 saturated carbocycles. The molecule has 6 nitrogen and oxygen atoms in total. The lowest BCUT2D eigenvalue weighted by Gasteiger charge is -2.07. The second-order valence-corrected chi connectivity index (χ2v) is 4.80. The number of hydrogen-bond acceptors (Lipinski definition) is 4. The highest BCUT2D eigenvalue weighted by Gasteiger charge is 2.19. The SMILES string of the molecule is CCn1nc(C)c(N)c1C(=O)Nc1ccc(Br)nc1. The summed E-state index contributed by atoms with van der Waals surface area (Å²) in [5, 5.41) is 6.96. The van der Waals surface area contributed by atoms with E-state index in [4.69, 9.17) is 5.73 Å². The van der Waals surface area contributed by atoms with Crippen molar-refractivity contribution in [3.8, 4) is 0 Å². The molecular weight excluding hydrogens is 310 g/mol. The fourth-order valence-corrected chi connectivity index (χ4v) is 1.94. The van der Waals surface area contributed by atoms with Crippen molar-refractivity contribution < 1.29 is 4.79 Å². The van der Waals surface area contributed by atoms with Crippen molar-refractivity contribution in [1.29, 1.82) is 0 Å². The molecule has 0 aliphatic carbocycles. The first-order valence-electron chi connectivity index (χ1n) is 5.78. The van der Waals surface area contributed by atoms with Gasteiger partial charge in [0.1, 0.15) is 10.3 Å². The molecule has 3 N–H and O–H groups in total. The Morgan fingerprint density at radius 3 is 2.84 bits per heavy atom. The molecule has 7 heteroatoms. The zero-order valence-corrected chi connectivity index (χ0v) is 12.2. The Bertz CT molecular complexity index is 605. The van der Waals surface area contributed by atoms with Gasteiger partial charge in [-0.15, -0.1) is 0 Å². The van der Waals surface area contributed by atoms with Crippen LogP contribution in [-0.4, -0.2) is 20.7 Å². The van der Waals surface area contributed by atoms with Gasteiger partial charge >= 0.3 is 0 Å². The lowest BCUT2D eigenvalue weighted by Crippen LogP contribution is -2.18. The maximum Gasteiger partial charge on any atom is 0.276 e. The first-order chi connectivity index (χ1) is 9.02. The summed E-state index contributed by atoms with van der Waals surface area (Å²) in [6, 6.07) is 3.51. The number of amides is 1. The van der Waals surface area contributed by atoms with Crippen molar-refractivity contribution in [3.63, 3.8) is 0 Å². The third-order valence-electron chi connectivity index (χ3n) is 2.67. The minimum atomic E-state index is -0.288. The molecule has 100 valence electrons. The van der Waals surface area contributed by atoms with Gasteiger partial charge in [0.2, 0.25) is 0 Å². The Morgan fingerprint density at radius 2 is 2.26 bits per heavy atom. The summed E-state index contributed by atoms with van der Waals surface area (Å²) in [6.07, 6.45) is 1.57. The molecule has 2 aromatic rings. The number of nitrogen functional groups attached to an aromatic ring is 1. The van der Waals surface area contributed by atoms with E-state index >= 15 is 0 Å². The molecule has 19 heavy (non-hydrogen) atoms. The molecule has 0 saturated heterocycles. The van der Waals surface area contributed by atoms with Gasteiger partial charge in [0.25, 0.3) is 5.91 Å². The van der Waals surface area contributed by atoms with Gasteiger partial charge in [-0.2, -0.15) is 5.10 Å². The molecule has 0 radical (unpaired) electrons. The molecule has 1 amide bonds. The lowest BCUT2D eigenvalue weighted by molar-refractivity contribution is 0.101. The standard InChI is InChI=1S/C12H14BrN5O/c1-3-18-11(10(14)7(2)17-18)12(19)16-8-4-5-9(13)15-6-8/h4-6H,3,14H2,1-2H3,(H,16,19). The highest BCUT2D eigenvalue weighted by molar-refractivity contribution is 9.10. The maximum absolute atomic E-state index is 12.2. The van der Waals surface area contributed by atoms with Crippen molar-refractivity contribution in [1.82, 2.24) is 14.8 Å². The van der Waals surface area contributed by atoms with Gasteiger partial charge in [-0.1, -0.05) is 0 Å². The number of carbonyl (C=O) groups is 1. The summed E-state index contributed by atoms with van der Waals surface area (Å²) in [7, 11) is 0. The number of nitrogens with two attached hydrogens (primary N) is 1. The Labute approximate surface area is 119 Å². The van der Waals surface area contributed by atoms with Crippen LogP contribution in [0.4, 0.5) is 11.4 Å². The molecule has 0 fully saturated rings. The van der Waals surface area contributed by atoms with E-state index in [1.165, 1.54) is 0 Å². The van der Waals surface area contributed by atoms with E-state index in [1.807, 2.05) is 6.92 Å². The number of aryl methyl sites for hydroxylation is 2. The fraction of sp³-hybridized carbons (Fsp3) is 0.250. The van der Waals surface area contributed by atoms with Crippen LogP contribution in [0.2, 0.25) is 0 Å². The first kappa shape index (κ1) is 13.5. The van der Waals surface area contributed by atoms with Crippen LogP contribution >= 0.6 is 15.9 Å². The maximum atomic E-state index is 12.2. The highest BCUT2D eigenvalue weighted by Crippen LogP contribution is 2.18. The number of aromatic nitrogens is 3. The van der Waals surface area contributed by atoms with Crippen molar-refractivity contribution in [2.24, 2.45) is 0 Å². The van der Waals surface area contributed by atoms with Gasteiger partial charge < -0.3 is 11.1 Å². The molecule has 0 unspecified atom stereocenters. The average Bonchev–Trinajstić information content (AvgIpc) is 2.68. The molecule has 2 rings (SSSR count). The van der Waals surface area contributed by atoms with Crippen LogP contribution in [0.25, 0.3) is 0 Å². The predicted octanol–water partition coefficient (Wildman–Crippen LogP) is 2.20. The van der Waals surface area contributed by atoms with E-state index in [1.54, 1.807) is 29.9 Å². The fourth-order valence-electron chi connectivity index (χ4n) is 1.70. The summed E-state index contributed by atoms with van der Waals surface area (Å²) >= 11 is 3.24. The zero-order valence-electron chi connectivity index (χ0n) is 10.6. The third-order valence-corrected chi connectivity index (χ3v) is 3.14. The topological polar surface area (TPSA) is 85.8 Å². The van der Waals surface area contributed by atoms with E-state index in [-0.39, 0.29) is 5.91 Å². The molecule has 0 aromatic carbocycles. The lowest BCUT2D eigenvalue weighted by atomic mass is 10.3. The van der Waals surface area contributed by atoms with Crippen LogP contribution in [0.3, 0.4) is 0 Å². The van der Waals surface area contributed by atoms with Crippen molar-refractivity contribution in [2.75, 3.05) is 11.1 Å². The summed E-state index contributed by atoms with van der Waals surface area (Å²) < 4.78 is 2.30. The monoisotopic (exact) mass is 323 g/mol. The number of hydrogen-bond donors (Lipinski definition) is 2. The van der Waals surface area contributed by atoms with E-state index in [9.17, 15) is 4.79 Å². The summed E-state index contributed by atoms with van der Waals surface area (Å²) in [4.78, 5) is 16.3. The Balaban J connectivity index is 2.27. The quantitative estimate of drug-likeness (QED) is 0.848. The van der Waals surface area contributed by atoms with Crippen molar-refractivity contribution in [3.05, 3.63) is 34.3 Å². The predicted molar refractivity (Wildman–Crippen MR) is 76.9 cm³/mol. The third kappa shape index (κ3) is 2.76. The second kappa shape index (κ2) is 5.40. The molecule has 2 heterocycles. The van der Waals surface area contributed by atoms with Gasteiger partial charge in [0, 0.05) is 6.54 Å². The molecule has 0 spiro atoms. The molecule has 0 bridgehead atoms. The second-order valence-electron chi connectivity index (χ2n) is 3.99. The van der Waals surface area contributed by atoms with Gasteiger partial charge in [0.15, 0.2) is 0 Å². The Kier molecular flexibility index (Phi) is 3.84. The summed E-state index contributed by atoms with van der Waals surface area (Å²) in [5.74, 6) is -0.288. The summed E-state index contributed by atoms with van der Waals surface area (Å²) in [5.41, 5.74) is 7.93. The van der Waals surface area contributed by atoms with Crippen LogP contribution in [0, 0.1) is 6.92 Å². The largest absolute Gasteiger partial charge is 0.395 e. The zero-order chi connectivity index (χ0) is 14.0. The van der Waals surface area contributed by atoms with Gasteiger partial charge in [-0.25, -0.2) is 4.98 Å². The van der Waals surface area contributed by atoms with Gasteiger partial charge in [-0.3, -0.25) is 9.48 Å². The van der Waals surface area contributed by atoms with E-state index in [0.29, 0.717) is 33.9 Å². The molecular formula is C12H14BrN5O. The molecule has 0 aliphatic heterocycles. The number of nitrogens with zero attached hydrogens (tertiary/aromatic N) is 3. The molecule has 0 atom stereocenters. The van der Waals surface area contributed by atoms with Crippen molar-refractivity contribution in [2.45, 2.75) is 20.4 Å².